The molecule has 0 aliphatic carbocycles. The quantitative estimate of drug-likeness (QED) is 0.625. The maximum atomic E-state index is 3.75. The highest BCUT2D eigenvalue weighted by molar-refractivity contribution is 5.02. The van der Waals surface area contributed by atoms with Crippen LogP contribution in [0.1, 0.15) is 19.3 Å². The lowest BCUT2D eigenvalue weighted by atomic mass is 9.71. The molecule has 4 heterocycles. The molecule has 3 N–H and O–H groups in total. The molecule has 0 aromatic heterocycles. The van der Waals surface area contributed by atoms with E-state index < -0.39 is 0 Å². The molecule has 4 aliphatic rings. The Balaban J connectivity index is 1.32. The van der Waals surface area contributed by atoms with Gasteiger partial charge in [-0.3, -0.25) is 0 Å². The summed E-state index contributed by atoms with van der Waals surface area (Å²) in [6.07, 6.45) is 4.19. The molecule has 0 radical (unpaired) electrons. The standard InChI is InChI=1S/C14H26N4/c1-3-17-12(5-13(1)7-15-8-13)6-18-4-2-14(11-18)9-16-10-14/h12,15-17H,1-11H2. The fraction of sp³-hybridized carbons (Fsp3) is 1.00. The first-order valence-electron chi connectivity index (χ1n) is 7.65. The molecule has 1 atom stereocenters. The van der Waals surface area contributed by atoms with Crippen LogP contribution in [0.15, 0.2) is 0 Å². The van der Waals surface area contributed by atoms with Crippen molar-refractivity contribution in [3.8, 4) is 0 Å². The third-order valence-electron chi connectivity index (χ3n) is 5.76. The lowest BCUT2D eigenvalue weighted by Gasteiger charge is -2.49. The minimum absolute atomic E-state index is 0.657. The van der Waals surface area contributed by atoms with Crippen LogP contribution in [-0.4, -0.2) is 63.3 Å². The van der Waals surface area contributed by atoms with Crippen LogP contribution in [0.4, 0.5) is 0 Å². The van der Waals surface area contributed by atoms with Crippen LogP contribution in [0.3, 0.4) is 0 Å². The summed E-state index contributed by atoms with van der Waals surface area (Å²) in [6, 6.07) is 0.740. The minimum atomic E-state index is 0.657. The van der Waals surface area contributed by atoms with E-state index in [9.17, 15) is 0 Å². The number of nitrogens with zero attached hydrogens (tertiary/aromatic N) is 1. The molecule has 4 nitrogen and oxygen atoms in total. The Kier molecular flexibility index (Phi) is 2.70. The highest BCUT2D eigenvalue weighted by atomic mass is 15.2. The number of rotatable bonds is 2. The zero-order valence-corrected chi connectivity index (χ0v) is 11.3. The minimum Gasteiger partial charge on any atom is -0.316 e. The van der Waals surface area contributed by atoms with Crippen LogP contribution < -0.4 is 16.0 Å². The Morgan fingerprint density at radius 3 is 2.39 bits per heavy atom. The van der Waals surface area contributed by atoms with Gasteiger partial charge in [0, 0.05) is 50.7 Å². The van der Waals surface area contributed by atoms with Gasteiger partial charge in [0.25, 0.3) is 0 Å². The van der Waals surface area contributed by atoms with Crippen molar-refractivity contribution in [3.05, 3.63) is 0 Å². The van der Waals surface area contributed by atoms with Crippen molar-refractivity contribution in [2.75, 3.05) is 52.4 Å². The van der Waals surface area contributed by atoms with Crippen molar-refractivity contribution < 1.29 is 0 Å². The van der Waals surface area contributed by atoms with Crippen molar-refractivity contribution in [2.45, 2.75) is 25.3 Å². The maximum Gasteiger partial charge on any atom is 0.0201 e. The smallest absolute Gasteiger partial charge is 0.0201 e. The second-order valence-corrected chi connectivity index (χ2v) is 7.30. The van der Waals surface area contributed by atoms with E-state index in [-0.39, 0.29) is 0 Å². The molecule has 4 heteroatoms. The van der Waals surface area contributed by atoms with E-state index in [2.05, 4.69) is 20.9 Å². The number of nitrogens with one attached hydrogen (secondary N) is 3. The van der Waals surface area contributed by atoms with E-state index >= 15 is 0 Å². The summed E-state index contributed by atoms with van der Waals surface area (Å²) in [6.45, 7) is 10.2. The third kappa shape index (κ3) is 1.90. The summed E-state index contributed by atoms with van der Waals surface area (Å²) in [5.74, 6) is 0. The third-order valence-corrected chi connectivity index (χ3v) is 5.76. The molecule has 2 spiro atoms. The lowest BCUT2D eigenvalue weighted by molar-refractivity contribution is 0.0763. The molecule has 18 heavy (non-hydrogen) atoms. The van der Waals surface area contributed by atoms with Gasteiger partial charge < -0.3 is 20.9 Å². The molecule has 0 bridgehead atoms. The molecular formula is C14H26N4. The fourth-order valence-corrected chi connectivity index (χ4v) is 4.43. The van der Waals surface area contributed by atoms with Gasteiger partial charge in [-0.25, -0.2) is 0 Å². The highest BCUT2D eigenvalue weighted by Gasteiger charge is 2.45. The normalized spacial score (nSPS) is 37.7. The summed E-state index contributed by atoms with van der Waals surface area (Å²) in [5, 5.41) is 10.7. The van der Waals surface area contributed by atoms with Gasteiger partial charge in [-0.2, -0.15) is 0 Å². The van der Waals surface area contributed by atoms with Crippen LogP contribution in [0.2, 0.25) is 0 Å². The molecule has 4 rings (SSSR count). The van der Waals surface area contributed by atoms with E-state index in [4.69, 9.17) is 0 Å². The molecule has 4 aliphatic heterocycles. The average molecular weight is 250 g/mol. The van der Waals surface area contributed by atoms with Crippen LogP contribution >= 0.6 is 0 Å². The van der Waals surface area contributed by atoms with E-state index in [1.54, 1.807) is 0 Å². The van der Waals surface area contributed by atoms with E-state index in [0.717, 1.165) is 6.04 Å². The largest absolute Gasteiger partial charge is 0.316 e. The Bertz CT molecular complexity index is 322. The van der Waals surface area contributed by atoms with Crippen LogP contribution in [-0.2, 0) is 0 Å². The van der Waals surface area contributed by atoms with E-state index in [1.165, 1.54) is 71.6 Å². The molecular weight excluding hydrogens is 224 g/mol. The second kappa shape index (κ2) is 4.17. The van der Waals surface area contributed by atoms with Crippen LogP contribution in [0.25, 0.3) is 0 Å². The van der Waals surface area contributed by atoms with Gasteiger partial charge in [0.15, 0.2) is 0 Å². The summed E-state index contributed by atoms with van der Waals surface area (Å²) >= 11 is 0. The Labute approximate surface area is 110 Å². The van der Waals surface area contributed by atoms with Crippen molar-refractivity contribution in [3.63, 3.8) is 0 Å². The summed E-state index contributed by atoms with van der Waals surface area (Å²) in [7, 11) is 0. The van der Waals surface area contributed by atoms with Gasteiger partial charge in [0.2, 0.25) is 0 Å². The monoisotopic (exact) mass is 250 g/mol. The van der Waals surface area contributed by atoms with Gasteiger partial charge in [0.1, 0.15) is 0 Å². The maximum absolute atomic E-state index is 3.75. The molecule has 102 valence electrons. The topological polar surface area (TPSA) is 39.3 Å². The number of hydrogen-bond acceptors (Lipinski definition) is 4. The lowest BCUT2D eigenvalue weighted by Crippen LogP contribution is -2.61. The molecule has 0 saturated carbocycles. The molecule has 0 aromatic carbocycles. The zero-order chi connectivity index (χ0) is 12.1. The fourth-order valence-electron chi connectivity index (χ4n) is 4.43. The summed E-state index contributed by atoms with van der Waals surface area (Å²) < 4.78 is 0. The van der Waals surface area contributed by atoms with Crippen LogP contribution in [0, 0.1) is 10.8 Å². The predicted molar refractivity (Wildman–Crippen MR) is 72.7 cm³/mol. The Hall–Kier alpha value is -0.160. The predicted octanol–water partition coefficient (Wildman–Crippen LogP) is -0.377. The molecule has 0 aromatic rings. The molecule has 1 unspecified atom stereocenters. The number of piperidine rings is 1. The van der Waals surface area contributed by atoms with Gasteiger partial charge >= 0.3 is 0 Å². The number of likely N-dealkylation sites (tertiary alicyclic amines) is 1. The van der Waals surface area contributed by atoms with E-state index in [1.807, 2.05) is 0 Å². The van der Waals surface area contributed by atoms with Gasteiger partial charge in [-0.15, -0.1) is 0 Å². The molecule has 4 saturated heterocycles. The van der Waals surface area contributed by atoms with Gasteiger partial charge in [-0.05, 0) is 37.8 Å². The highest BCUT2D eigenvalue weighted by Crippen LogP contribution is 2.37. The van der Waals surface area contributed by atoms with Gasteiger partial charge in [-0.1, -0.05) is 0 Å². The summed E-state index contributed by atoms with van der Waals surface area (Å²) in [5.41, 5.74) is 1.32. The Morgan fingerprint density at radius 2 is 1.78 bits per heavy atom. The molecule has 0 amide bonds. The first kappa shape index (κ1) is 11.6. The molecule has 4 fully saturated rings. The Morgan fingerprint density at radius 1 is 1.00 bits per heavy atom. The van der Waals surface area contributed by atoms with Gasteiger partial charge in [0.05, 0.1) is 0 Å². The first-order chi connectivity index (χ1) is 8.78. The SMILES string of the molecule is C1CC2(CNC2)CC(CN2CCC3(CNC3)C2)N1. The van der Waals surface area contributed by atoms with Crippen molar-refractivity contribution in [2.24, 2.45) is 10.8 Å². The first-order valence-corrected chi connectivity index (χ1v) is 7.65. The summed E-state index contributed by atoms with van der Waals surface area (Å²) in [4.78, 5) is 2.71. The van der Waals surface area contributed by atoms with Crippen molar-refractivity contribution >= 4 is 0 Å². The van der Waals surface area contributed by atoms with E-state index in [0.29, 0.717) is 10.8 Å². The van der Waals surface area contributed by atoms with Crippen LogP contribution in [0.5, 0.6) is 0 Å². The second-order valence-electron chi connectivity index (χ2n) is 7.30. The van der Waals surface area contributed by atoms with Crippen molar-refractivity contribution in [1.82, 2.24) is 20.9 Å². The zero-order valence-electron chi connectivity index (χ0n) is 11.3. The average Bonchev–Trinajstić information content (AvgIpc) is 2.71. The van der Waals surface area contributed by atoms with Crippen molar-refractivity contribution in [1.29, 1.82) is 0 Å². The number of hydrogen-bond donors (Lipinski definition) is 3.